The van der Waals surface area contributed by atoms with Crippen LogP contribution in [0.5, 0.6) is 0 Å². The molecule has 1 unspecified atom stereocenters. The molecule has 3 nitrogen and oxygen atoms in total. The summed E-state index contributed by atoms with van der Waals surface area (Å²) in [6.07, 6.45) is 2.52. The number of fused-ring (bicyclic) bond motifs is 1. The highest BCUT2D eigenvalue weighted by atomic mass is 15.1. The number of hydrogen-bond donors (Lipinski definition) is 1. The standard InChI is InChI=1S/C17H19N3/c1-20(12-14-5-4-10-19-14)17-9-8-13(11-18)15-6-2-3-7-16(15)17/h2-3,6-9,14,19H,4-5,10,12H2,1H3. The lowest BCUT2D eigenvalue weighted by molar-refractivity contribution is 0.600. The van der Waals surface area contributed by atoms with Gasteiger partial charge in [0.15, 0.2) is 0 Å². The van der Waals surface area contributed by atoms with Crippen LogP contribution >= 0.6 is 0 Å². The second-order valence-corrected chi connectivity index (χ2v) is 5.46. The van der Waals surface area contributed by atoms with Crippen molar-refractivity contribution >= 4 is 16.5 Å². The Labute approximate surface area is 119 Å². The van der Waals surface area contributed by atoms with Crippen LogP contribution in [0.25, 0.3) is 10.8 Å². The molecule has 2 aromatic rings. The zero-order chi connectivity index (χ0) is 13.9. The third-order valence-corrected chi connectivity index (χ3v) is 4.09. The quantitative estimate of drug-likeness (QED) is 0.927. The molecule has 1 fully saturated rings. The molecule has 1 atom stereocenters. The summed E-state index contributed by atoms with van der Waals surface area (Å²) in [6.45, 7) is 2.14. The first-order chi connectivity index (χ1) is 9.79. The van der Waals surface area contributed by atoms with Crippen molar-refractivity contribution in [1.29, 1.82) is 5.26 Å². The summed E-state index contributed by atoms with van der Waals surface area (Å²) in [6, 6.07) is 15.0. The Morgan fingerprint density at radius 2 is 2.05 bits per heavy atom. The Balaban J connectivity index is 1.97. The highest BCUT2D eigenvalue weighted by molar-refractivity contribution is 5.97. The number of benzene rings is 2. The average molecular weight is 265 g/mol. The second-order valence-electron chi connectivity index (χ2n) is 5.46. The molecule has 0 bridgehead atoms. The number of nitrogens with zero attached hydrogens (tertiary/aromatic N) is 2. The molecule has 1 aliphatic rings. The van der Waals surface area contributed by atoms with Gasteiger partial charge in [-0.05, 0) is 31.5 Å². The molecule has 3 rings (SSSR count). The van der Waals surface area contributed by atoms with E-state index in [1.54, 1.807) is 0 Å². The summed E-state index contributed by atoms with van der Waals surface area (Å²) >= 11 is 0. The number of rotatable bonds is 3. The number of nitrogens with one attached hydrogen (secondary N) is 1. The lowest BCUT2D eigenvalue weighted by Gasteiger charge is -2.25. The van der Waals surface area contributed by atoms with Crippen molar-refractivity contribution in [1.82, 2.24) is 5.32 Å². The Bertz CT molecular complexity index is 651. The number of likely N-dealkylation sites (N-methyl/N-ethyl adjacent to an activating group) is 1. The van der Waals surface area contributed by atoms with E-state index < -0.39 is 0 Å². The topological polar surface area (TPSA) is 39.1 Å². The van der Waals surface area contributed by atoms with Gasteiger partial charge >= 0.3 is 0 Å². The van der Waals surface area contributed by atoms with E-state index >= 15 is 0 Å². The lowest BCUT2D eigenvalue weighted by atomic mass is 10.0. The van der Waals surface area contributed by atoms with Gasteiger partial charge in [0.2, 0.25) is 0 Å². The van der Waals surface area contributed by atoms with Gasteiger partial charge in [-0.15, -0.1) is 0 Å². The van der Waals surface area contributed by atoms with Crippen molar-refractivity contribution in [2.24, 2.45) is 0 Å². The van der Waals surface area contributed by atoms with Crippen LogP contribution in [0.4, 0.5) is 5.69 Å². The van der Waals surface area contributed by atoms with Gasteiger partial charge in [-0.1, -0.05) is 24.3 Å². The van der Waals surface area contributed by atoms with Crippen LogP contribution in [0.15, 0.2) is 36.4 Å². The summed E-state index contributed by atoms with van der Waals surface area (Å²) in [4.78, 5) is 2.30. The summed E-state index contributed by atoms with van der Waals surface area (Å²) in [5, 5.41) is 15.0. The molecule has 1 heterocycles. The molecular weight excluding hydrogens is 246 g/mol. The highest BCUT2D eigenvalue weighted by Crippen LogP contribution is 2.29. The van der Waals surface area contributed by atoms with E-state index in [4.69, 9.17) is 0 Å². The first-order valence-corrected chi connectivity index (χ1v) is 7.16. The monoisotopic (exact) mass is 265 g/mol. The van der Waals surface area contributed by atoms with E-state index in [0.717, 1.165) is 29.4 Å². The molecule has 0 saturated carbocycles. The molecule has 1 saturated heterocycles. The highest BCUT2D eigenvalue weighted by Gasteiger charge is 2.17. The maximum absolute atomic E-state index is 9.22. The predicted octanol–water partition coefficient (Wildman–Crippen LogP) is 2.90. The molecule has 0 amide bonds. The van der Waals surface area contributed by atoms with Crippen molar-refractivity contribution < 1.29 is 0 Å². The van der Waals surface area contributed by atoms with Crippen LogP contribution in [-0.4, -0.2) is 26.2 Å². The van der Waals surface area contributed by atoms with Gasteiger partial charge in [0.1, 0.15) is 0 Å². The van der Waals surface area contributed by atoms with Gasteiger partial charge in [-0.2, -0.15) is 5.26 Å². The number of hydrogen-bond acceptors (Lipinski definition) is 3. The Morgan fingerprint density at radius 1 is 1.25 bits per heavy atom. The Hall–Kier alpha value is -2.05. The van der Waals surface area contributed by atoms with Crippen LogP contribution in [0, 0.1) is 11.3 Å². The Morgan fingerprint density at radius 3 is 2.75 bits per heavy atom. The molecule has 0 aromatic heterocycles. The molecular formula is C17H19N3. The smallest absolute Gasteiger partial charge is 0.0998 e. The normalized spacial score (nSPS) is 18.1. The number of nitriles is 1. The van der Waals surface area contributed by atoms with Crippen molar-refractivity contribution in [3.8, 4) is 6.07 Å². The fourth-order valence-corrected chi connectivity index (χ4v) is 3.05. The summed E-state index contributed by atoms with van der Waals surface area (Å²) in [7, 11) is 2.13. The third-order valence-electron chi connectivity index (χ3n) is 4.09. The van der Waals surface area contributed by atoms with Gasteiger partial charge in [0, 0.05) is 36.1 Å². The first kappa shape index (κ1) is 13.0. The van der Waals surface area contributed by atoms with E-state index in [1.807, 2.05) is 24.3 Å². The molecule has 0 radical (unpaired) electrons. The Kier molecular flexibility index (Phi) is 3.58. The van der Waals surface area contributed by atoms with Gasteiger partial charge in [0.25, 0.3) is 0 Å². The van der Waals surface area contributed by atoms with Crippen LogP contribution in [0.2, 0.25) is 0 Å². The van der Waals surface area contributed by atoms with E-state index in [2.05, 4.69) is 35.5 Å². The van der Waals surface area contributed by atoms with E-state index in [0.29, 0.717) is 6.04 Å². The average Bonchev–Trinajstić information content (AvgIpc) is 2.99. The van der Waals surface area contributed by atoms with Crippen molar-refractivity contribution in [2.45, 2.75) is 18.9 Å². The lowest BCUT2D eigenvalue weighted by Crippen LogP contribution is -2.35. The fourth-order valence-electron chi connectivity index (χ4n) is 3.05. The van der Waals surface area contributed by atoms with Crippen molar-refractivity contribution in [2.75, 3.05) is 25.0 Å². The molecule has 20 heavy (non-hydrogen) atoms. The summed E-state index contributed by atoms with van der Waals surface area (Å²) < 4.78 is 0. The molecule has 0 spiro atoms. The molecule has 102 valence electrons. The van der Waals surface area contributed by atoms with Crippen molar-refractivity contribution in [3.05, 3.63) is 42.0 Å². The molecule has 1 aliphatic heterocycles. The SMILES string of the molecule is CN(CC1CCCN1)c1ccc(C#N)c2ccccc12. The van der Waals surface area contributed by atoms with Gasteiger partial charge in [-0.25, -0.2) is 0 Å². The zero-order valence-corrected chi connectivity index (χ0v) is 11.8. The molecule has 3 heteroatoms. The van der Waals surface area contributed by atoms with Crippen LogP contribution in [0.1, 0.15) is 18.4 Å². The summed E-state index contributed by atoms with van der Waals surface area (Å²) in [5.41, 5.74) is 1.95. The minimum atomic E-state index is 0.578. The zero-order valence-electron chi connectivity index (χ0n) is 11.8. The van der Waals surface area contributed by atoms with E-state index in [9.17, 15) is 5.26 Å². The van der Waals surface area contributed by atoms with Crippen LogP contribution in [0.3, 0.4) is 0 Å². The van der Waals surface area contributed by atoms with Crippen LogP contribution < -0.4 is 10.2 Å². The third kappa shape index (κ3) is 2.35. The molecule has 1 N–H and O–H groups in total. The molecule has 0 aliphatic carbocycles. The largest absolute Gasteiger partial charge is 0.373 e. The minimum absolute atomic E-state index is 0.578. The second kappa shape index (κ2) is 5.52. The van der Waals surface area contributed by atoms with Gasteiger partial charge in [-0.3, -0.25) is 0 Å². The minimum Gasteiger partial charge on any atom is -0.373 e. The fraction of sp³-hybridized carbons (Fsp3) is 0.353. The maximum atomic E-state index is 9.22. The van der Waals surface area contributed by atoms with Gasteiger partial charge in [0.05, 0.1) is 11.6 Å². The van der Waals surface area contributed by atoms with Crippen LogP contribution in [-0.2, 0) is 0 Å². The number of anilines is 1. The molecule has 2 aromatic carbocycles. The maximum Gasteiger partial charge on any atom is 0.0998 e. The van der Waals surface area contributed by atoms with Gasteiger partial charge < -0.3 is 10.2 Å². The summed E-state index contributed by atoms with van der Waals surface area (Å²) in [5.74, 6) is 0. The van der Waals surface area contributed by atoms with E-state index in [-0.39, 0.29) is 0 Å². The predicted molar refractivity (Wildman–Crippen MR) is 83.0 cm³/mol. The van der Waals surface area contributed by atoms with E-state index in [1.165, 1.54) is 18.5 Å². The van der Waals surface area contributed by atoms with Crippen molar-refractivity contribution in [3.63, 3.8) is 0 Å². The first-order valence-electron chi connectivity index (χ1n) is 7.16.